The minimum Gasteiger partial charge on any atom is -0.427 e. The summed E-state index contributed by atoms with van der Waals surface area (Å²) in [5.41, 5.74) is 0.995. The molecule has 141 valence electrons. The van der Waals surface area contributed by atoms with Crippen molar-refractivity contribution in [2.24, 2.45) is 0 Å². The third-order valence-electron chi connectivity index (χ3n) is 4.91. The third-order valence-corrected chi connectivity index (χ3v) is 15.1. The van der Waals surface area contributed by atoms with Gasteiger partial charge in [-0.1, -0.05) is 62.0 Å². The molecule has 0 aromatic carbocycles. The van der Waals surface area contributed by atoms with Gasteiger partial charge in [0.05, 0.1) is 0 Å². The van der Waals surface area contributed by atoms with Crippen molar-refractivity contribution >= 4 is 30.8 Å². The first kappa shape index (κ1) is 25.5. The second-order valence-electron chi connectivity index (χ2n) is 7.82. The number of ketones is 1. The maximum absolute atomic E-state index is 12.2. The van der Waals surface area contributed by atoms with Gasteiger partial charge in [0.1, 0.15) is 0 Å². The quantitative estimate of drug-likeness (QED) is 0.482. The van der Waals surface area contributed by atoms with E-state index < -0.39 is 23.2 Å². The van der Waals surface area contributed by atoms with Gasteiger partial charge in [-0.25, -0.2) is 0 Å². The molecule has 1 fully saturated rings. The SMILES string of the molecule is [B][CH-]C(=O)C1[CH-]CO[Si](C(C)C)(C(C)C)O[Si](C(C)C)(C(C)C)O1.[V+2]. The molecule has 0 aliphatic carbocycles. The van der Waals surface area contributed by atoms with Crippen molar-refractivity contribution in [1.82, 2.24) is 0 Å². The fraction of sp³-hybridized carbons (Fsp3) is 0.824. The molecule has 1 aliphatic rings. The minimum atomic E-state index is -2.71. The number of hydrogen-bond acceptors (Lipinski definition) is 4. The monoisotopic (exact) mass is 419 g/mol. The largest absolute Gasteiger partial charge is 2.00 e. The maximum Gasteiger partial charge on any atom is 2.00 e. The van der Waals surface area contributed by atoms with Crippen molar-refractivity contribution < 1.29 is 36.3 Å². The van der Waals surface area contributed by atoms with E-state index in [1.807, 2.05) is 6.42 Å². The third kappa shape index (κ3) is 5.27. The second kappa shape index (κ2) is 10.2. The summed E-state index contributed by atoms with van der Waals surface area (Å²) in [5, 5.41) is 0. The van der Waals surface area contributed by atoms with Crippen molar-refractivity contribution in [3.05, 3.63) is 12.7 Å². The molecule has 0 amide bonds. The molecule has 1 unspecified atom stereocenters. The van der Waals surface area contributed by atoms with Crippen LogP contribution in [0.3, 0.4) is 0 Å². The van der Waals surface area contributed by atoms with Crippen LogP contribution >= 0.6 is 0 Å². The molecule has 0 spiro atoms. The molecule has 25 heavy (non-hydrogen) atoms. The average Bonchev–Trinajstić information content (AvgIpc) is 2.45. The van der Waals surface area contributed by atoms with Gasteiger partial charge in [-0.05, 0) is 34.1 Å². The fourth-order valence-electron chi connectivity index (χ4n) is 3.49. The molecular weight excluding hydrogens is 386 g/mol. The number of hydrogen-bond donors (Lipinski definition) is 0. The van der Waals surface area contributed by atoms with E-state index in [2.05, 4.69) is 55.4 Å². The first-order valence-corrected chi connectivity index (χ1v) is 12.9. The molecule has 0 bridgehead atoms. The summed E-state index contributed by atoms with van der Waals surface area (Å²) < 4.78 is 19.8. The van der Waals surface area contributed by atoms with Crippen LogP contribution in [0.2, 0.25) is 22.2 Å². The van der Waals surface area contributed by atoms with Gasteiger partial charge in [-0.15, -0.1) is 0 Å². The molecule has 1 aliphatic heterocycles. The second-order valence-corrected chi connectivity index (χ2v) is 16.7. The van der Waals surface area contributed by atoms with Gasteiger partial charge in [0, 0.05) is 0 Å². The Bertz CT molecular complexity index is 417. The Kier molecular flexibility index (Phi) is 10.4. The van der Waals surface area contributed by atoms with Crippen LogP contribution in [0.5, 0.6) is 0 Å². The Labute approximate surface area is 169 Å². The Morgan fingerprint density at radius 1 is 1.00 bits per heavy atom. The van der Waals surface area contributed by atoms with E-state index in [4.69, 9.17) is 20.8 Å². The summed E-state index contributed by atoms with van der Waals surface area (Å²) in [6.45, 7) is 17.5. The normalized spacial score (nSPS) is 23.3. The van der Waals surface area contributed by atoms with Crippen LogP contribution in [0.15, 0.2) is 0 Å². The van der Waals surface area contributed by atoms with E-state index in [0.29, 0.717) is 17.7 Å². The molecule has 0 saturated carbocycles. The van der Waals surface area contributed by atoms with Crippen molar-refractivity contribution in [3.63, 3.8) is 0 Å². The first-order valence-electron chi connectivity index (χ1n) is 8.97. The van der Waals surface area contributed by atoms with Crippen molar-refractivity contribution in [3.8, 4) is 0 Å². The van der Waals surface area contributed by atoms with Crippen LogP contribution in [-0.2, 0) is 36.3 Å². The number of carbonyl (C=O) groups is 1. The molecule has 0 aromatic rings. The minimum absolute atomic E-state index is 0. The molecular formula is C17H33BO4Si2V. The maximum atomic E-state index is 12.2. The molecule has 1 saturated heterocycles. The fourth-order valence-corrected chi connectivity index (χ4v) is 14.5. The van der Waals surface area contributed by atoms with Crippen LogP contribution in [0.25, 0.3) is 0 Å². The van der Waals surface area contributed by atoms with E-state index in [1.54, 1.807) is 0 Å². The number of Topliss-reactive ketones (excluding diaryl/α,β-unsaturated/α-hetero) is 1. The molecule has 0 aromatic heterocycles. The van der Waals surface area contributed by atoms with E-state index in [1.165, 1.54) is 0 Å². The molecule has 1 atom stereocenters. The van der Waals surface area contributed by atoms with E-state index in [9.17, 15) is 4.79 Å². The standard InChI is InChI=1S/C17H33BO4Si2.V/c1-12(2)23(13(3)4)20-10-9-17(16(19)11-18)21-24(22-23,14(5)6)15(7)8;/h9,11-15,17H,10H2,1-8H3;/q-2;+2. The Hall–Kier alpha value is 0.503. The first-order chi connectivity index (χ1) is 11.0. The van der Waals surface area contributed by atoms with Crippen molar-refractivity contribution in [1.29, 1.82) is 0 Å². The zero-order chi connectivity index (χ0) is 18.7. The number of rotatable bonds is 6. The van der Waals surface area contributed by atoms with Gasteiger partial charge in [-0.3, -0.25) is 6.42 Å². The predicted molar refractivity (Wildman–Crippen MR) is 103 cm³/mol. The molecule has 1 rings (SSSR count). The molecule has 1 heterocycles. The Balaban J connectivity index is 0.00000576. The molecule has 0 N–H and O–H groups in total. The molecule has 8 heteroatoms. The van der Waals surface area contributed by atoms with E-state index in [-0.39, 0.29) is 35.4 Å². The summed E-state index contributed by atoms with van der Waals surface area (Å²) in [5.74, 6) is -0.233. The van der Waals surface area contributed by atoms with Crippen LogP contribution in [0.4, 0.5) is 0 Å². The van der Waals surface area contributed by atoms with Gasteiger partial charge >= 0.3 is 35.7 Å². The van der Waals surface area contributed by atoms with E-state index >= 15 is 0 Å². The summed E-state index contributed by atoms with van der Waals surface area (Å²) in [6, 6.07) is 0. The van der Waals surface area contributed by atoms with Gasteiger partial charge < -0.3 is 24.1 Å². The molecule has 3 radical (unpaired) electrons. The van der Waals surface area contributed by atoms with Gasteiger partial charge in [-0.2, -0.15) is 7.85 Å². The predicted octanol–water partition coefficient (Wildman–Crippen LogP) is 4.04. The molecule has 4 nitrogen and oxygen atoms in total. The van der Waals surface area contributed by atoms with Gasteiger partial charge in [0.2, 0.25) is 0 Å². The topological polar surface area (TPSA) is 44.8 Å². The Morgan fingerprint density at radius 2 is 1.44 bits per heavy atom. The van der Waals surface area contributed by atoms with Crippen LogP contribution in [0.1, 0.15) is 55.4 Å². The zero-order valence-electron chi connectivity index (χ0n) is 16.9. The average molecular weight is 419 g/mol. The zero-order valence-corrected chi connectivity index (χ0v) is 20.3. The van der Waals surface area contributed by atoms with Gasteiger partial charge in [0.15, 0.2) is 0 Å². The van der Waals surface area contributed by atoms with Crippen molar-refractivity contribution in [2.75, 3.05) is 6.61 Å². The number of carbonyl (C=O) groups excluding carboxylic acids is 1. The van der Waals surface area contributed by atoms with Crippen molar-refractivity contribution in [2.45, 2.75) is 83.7 Å². The summed E-state index contributed by atoms with van der Waals surface area (Å²) >= 11 is 0. The van der Waals surface area contributed by atoms with Gasteiger partial charge in [0.25, 0.3) is 0 Å². The Morgan fingerprint density at radius 3 is 1.80 bits per heavy atom. The van der Waals surface area contributed by atoms with Crippen LogP contribution < -0.4 is 0 Å². The van der Waals surface area contributed by atoms with E-state index in [0.717, 1.165) is 6.32 Å². The summed E-state index contributed by atoms with van der Waals surface area (Å²) in [6.07, 6.45) is 2.21. The van der Waals surface area contributed by atoms with Crippen LogP contribution in [-0.4, -0.2) is 43.5 Å². The smallest absolute Gasteiger partial charge is 0.427 e. The summed E-state index contributed by atoms with van der Waals surface area (Å²) in [4.78, 5) is 12.2. The van der Waals surface area contributed by atoms with Crippen LogP contribution in [0, 0.1) is 12.7 Å². The summed E-state index contributed by atoms with van der Waals surface area (Å²) in [7, 11) is 0.235.